The summed E-state index contributed by atoms with van der Waals surface area (Å²) in [4.78, 5) is 25.1. The summed E-state index contributed by atoms with van der Waals surface area (Å²) in [6.45, 7) is 3.72. The van der Waals surface area contributed by atoms with Crippen molar-refractivity contribution >= 4 is 17.6 Å². The Morgan fingerprint density at radius 2 is 1.91 bits per heavy atom. The predicted octanol–water partition coefficient (Wildman–Crippen LogP) is 4.43. The Morgan fingerprint density at radius 1 is 1.19 bits per heavy atom. The molecule has 6 nitrogen and oxygen atoms in total. The monoisotopic (exact) mass is 441 g/mol. The van der Waals surface area contributed by atoms with Crippen molar-refractivity contribution in [2.24, 2.45) is 5.92 Å². The van der Waals surface area contributed by atoms with Gasteiger partial charge < -0.3 is 20.3 Å². The van der Waals surface area contributed by atoms with Crippen molar-refractivity contribution in [3.05, 3.63) is 58.9 Å². The standard InChI is InChI=1S/C25H28FNO5/c1-24(2,20-12-17(26)7-10-21(20)28)14-25(31,16-5-3-4-6-16)23(30)27-18-8-9-19-15(11-18)13-32-22(19)29/h7-12,16,28,31H,3-6,13-14H2,1-2H3,(H,27,30). The molecule has 0 bridgehead atoms. The summed E-state index contributed by atoms with van der Waals surface area (Å²) < 4.78 is 18.9. The van der Waals surface area contributed by atoms with Gasteiger partial charge in [0.15, 0.2) is 0 Å². The number of ether oxygens (including phenoxy) is 1. The summed E-state index contributed by atoms with van der Waals surface area (Å²) in [6.07, 6.45) is 3.28. The minimum atomic E-state index is -1.72. The van der Waals surface area contributed by atoms with Gasteiger partial charge in [-0.1, -0.05) is 26.7 Å². The first-order chi connectivity index (χ1) is 15.1. The number of esters is 1. The van der Waals surface area contributed by atoms with Crippen molar-refractivity contribution in [2.45, 2.75) is 63.6 Å². The number of rotatable bonds is 6. The summed E-state index contributed by atoms with van der Waals surface area (Å²) in [5, 5.41) is 24.9. The third-order valence-electron chi connectivity index (χ3n) is 6.76. The van der Waals surface area contributed by atoms with Crippen molar-refractivity contribution in [3.63, 3.8) is 0 Å². The lowest BCUT2D eigenvalue weighted by molar-refractivity contribution is -0.143. The largest absolute Gasteiger partial charge is 0.508 e. The van der Waals surface area contributed by atoms with Crippen LogP contribution in [0.3, 0.4) is 0 Å². The molecule has 1 fully saturated rings. The highest BCUT2D eigenvalue weighted by molar-refractivity contribution is 5.99. The second kappa shape index (κ2) is 8.20. The summed E-state index contributed by atoms with van der Waals surface area (Å²) in [6, 6.07) is 8.60. The number of phenols is 1. The van der Waals surface area contributed by atoms with Crippen molar-refractivity contribution in [2.75, 3.05) is 5.32 Å². The van der Waals surface area contributed by atoms with Crippen molar-refractivity contribution < 1.29 is 28.9 Å². The zero-order valence-electron chi connectivity index (χ0n) is 18.3. The Bertz CT molecular complexity index is 1060. The Hall–Kier alpha value is -2.93. The quantitative estimate of drug-likeness (QED) is 0.577. The molecule has 4 rings (SSSR count). The van der Waals surface area contributed by atoms with Crippen molar-refractivity contribution in [3.8, 4) is 5.75 Å². The molecule has 0 spiro atoms. The molecule has 1 aliphatic heterocycles. The Labute approximate surface area is 186 Å². The minimum absolute atomic E-state index is 0.0139. The average Bonchev–Trinajstić information content (AvgIpc) is 3.40. The zero-order chi connectivity index (χ0) is 23.1. The van der Waals surface area contributed by atoms with E-state index in [1.165, 1.54) is 18.2 Å². The van der Waals surface area contributed by atoms with Crippen LogP contribution in [0.15, 0.2) is 36.4 Å². The van der Waals surface area contributed by atoms with Gasteiger partial charge in [0.25, 0.3) is 5.91 Å². The molecular weight excluding hydrogens is 413 g/mol. The number of carbonyl (C=O) groups excluding carboxylic acids is 2. The Balaban J connectivity index is 1.63. The van der Waals surface area contributed by atoms with E-state index in [-0.39, 0.29) is 24.7 Å². The van der Waals surface area contributed by atoms with Gasteiger partial charge in [-0.05, 0) is 67.0 Å². The van der Waals surface area contributed by atoms with E-state index in [0.717, 1.165) is 12.8 Å². The molecule has 0 aromatic heterocycles. The summed E-state index contributed by atoms with van der Waals surface area (Å²) >= 11 is 0. The van der Waals surface area contributed by atoms with Gasteiger partial charge in [0.05, 0.1) is 5.56 Å². The highest BCUT2D eigenvalue weighted by Gasteiger charge is 2.49. The zero-order valence-corrected chi connectivity index (χ0v) is 18.3. The Morgan fingerprint density at radius 3 is 2.62 bits per heavy atom. The molecule has 32 heavy (non-hydrogen) atoms. The van der Waals surface area contributed by atoms with E-state index in [9.17, 15) is 24.2 Å². The minimum Gasteiger partial charge on any atom is -0.508 e. The van der Waals surface area contributed by atoms with E-state index in [1.54, 1.807) is 32.0 Å². The topological polar surface area (TPSA) is 95.9 Å². The van der Waals surface area contributed by atoms with Crippen LogP contribution >= 0.6 is 0 Å². The number of benzene rings is 2. The van der Waals surface area contributed by atoms with Crippen molar-refractivity contribution in [1.82, 2.24) is 0 Å². The molecular formula is C25H28FNO5. The molecule has 2 aromatic carbocycles. The number of phenolic OH excluding ortho intramolecular Hbond substituents is 1. The fourth-order valence-electron chi connectivity index (χ4n) is 5.08. The maximum absolute atomic E-state index is 13.9. The number of carbonyl (C=O) groups is 2. The molecule has 0 saturated heterocycles. The van der Waals surface area contributed by atoms with Gasteiger partial charge in [0, 0.05) is 16.8 Å². The smallest absolute Gasteiger partial charge is 0.338 e. The number of hydrogen-bond donors (Lipinski definition) is 3. The number of anilines is 1. The number of halogens is 1. The maximum atomic E-state index is 13.9. The van der Waals surface area contributed by atoms with E-state index >= 15 is 0 Å². The van der Waals surface area contributed by atoms with Gasteiger partial charge >= 0.3 is 5.97 Å². The summed E-state index contributed by atoms with van der Waals surface area (Å²) in [5.74, 6) is -1.75. The third-order valence-corrected chi connectivity index (χ3v) is 6.76. The number of fused-ring (bicyclic) bond motifs is 1. The average molecular weight is 441 g/mol. The van der Waals surface area contributed by atoms with E-state index in [1.807, 2.05) is 0 Å². The molecule has 1 aliphatic carbocycles. The van der Waals surface area contributed by atoms with Gasteiger partial charge in [-0.2, -0.15) is 0 Å². The second-order valence-corrected chi connectivity index (χ2v) is 9.53. The molecule has 2 aromatic rings. The van der Waals surface area contributed by atoms with Gasteiger partial charge in [-0.15, -0.1) is 0 Å². The van der Waals surface area contributed by atoms with E-state index in [2.05, 4.69) is 5.32 Å². The molecule has 170 valence electrons. The molecule has 7 heteroatoms. The fourth-order valence-corrected chi connectivity index (χ4v) is 5.08. The molecule has 0 radical (unpaired) electrons. The van der Waals surface area contributed by atoms with Crippen LogP contribution in [-0.2, 0) is 21.6 Å². The molecule has 1 unspecified atom stereocenters. The number of hydrogen-bond acceptors (Lipinski definition) is 5. The van der Waals surface area contributed by atoms with Gasteiger partial charge in [-0.25, -0.2) is 9.18 Å². The lowest BCUT2D eigenvalue weighted by Crippen LogP contribution is -2.52. The lowest BCUT2D eigenvalue weighted by atomic mass is 9.69. The van der Waals surface area contributed by atoms with Gasteiger partial charge in [-0.3, -0.25) is 4.79 Å². The first-order valence-electron chi connectivity index (χ1n) is 10.9. The first-order valence-corrected chi connectivity index (χ1v) is 10.9. The summed E-state index contributed by atoms with van der Waals surface area (Å²) in [7, 11) is 0. The highest BCUT2D eigenvalue weighted by atomic mass is 19.1. The van der Waals surface area contributed by atoms with Crippen LogP contribution in [0.2, 0.25) is 0 Å². The second-order valence-electron chi connectivity index (χ2n) is 9.53. The van der Waals surface area contributed by atoms with Crippen LogP contribution < -0.4 is 5.32 Å². The highest BCUT2D eigenvalue weighted by Crippen LogP contribution is 2.44. The number of nitrogens with one attached hydrogen (secondary N) is 1. The Kier molecular flexibility index (Phi) is 5.71. The SMILES string of the molecule is CC(C)(CC(O)(C(=O)Nc1ccc2c(c1)COC2=O)C1CCCC1)c1cc(F)ccc1O. The molecule has 1 atom stereocenters. The van der Waals surface area contributed by atoms with E-state index in [4.69, 9.17) is 4.74 Å². The van der Waals surface area contributed by atoms with Crippen molar-refractivity contribution in [1.29, 1.82) is 0 Å². The van der Waals surface area contributed by atoms with Crippen LogP contribution in [0.4, 0.5) is 10.1 Å². The van der Waals surface area contributed by atoms with Gasteiger partial charge in [0.1, 0.15) is 23.8 Å². The molecule has 1 amide bonds. The molecule has 1 saturated carbocycles. The van der Waals surface area contributed by atoms with Crippen LogP contribution in [0.25, 0.3) is 0 Å². The lowest BCUT2D eigenvalue weighted by Gasteiger charge is -2.39. The van der Waals surface area contributed by atoms with Gasteiger partial charge in [0.2, 0.25) is 0 Å². The van der Waals surface area contributed by atoms with Crippen LogP contribution in [0.1, 0.15) is 67.4 Å². The number of aromatic hydroxyl groups is 1. The number of aliphatic hydroxyl groups is 1. The molecule has 3 N–H and O–H groups in total. The van der Waals surface area contributed by atoms with E-state index < -0.39 is 28.7 Å². The van der Waals surface area contributed by atoms with Crippen LogP contribution in [0.5, 0.6) is 5.75 Å². The number of cyclic esters (lactones) is 1. The van der Waals surface area contributed by atoms with E-state index in [0.29, 0.717) is 35.2 Å². The summed E-state index contributed by atoms with van der Waals surface area (Å²) in [5.41, 5.74) is -0.632. The number of amides is 1. The fraction of sp³-hybridized carbons (Fsp3) is 0.440. The predicted molar refractivity (Wildman–Crippen MR) is 117 cm³/mol. The van der Waals surface area contributed by atoms with Crippen LogP contribution in [0, 0.1) is 11.7 Å². The molecule has 2 aliphatic rings. The van der Waals surface area contributed by atoms with Crippen LogP contribution in [-0.4, -0.2) is 27.7 Å². The normalized spacial score (nSPS) is 18.2. The maximum Gasteiger partial charge on any atom is 0.338 e. The molecule has 1 heterocycles. The first kappa shape index (κ1) is 22.3. The third kappa shape index (κ3) is 4.09.